The molecule has 1 N–H and O–H groups in total. The number of nitrogens with zero attached hydrogens (tertiary/aromatic N) is 2. The normalized spacial score (nSPS) is 8.64. The fourth-order valence-corrected chi connectivity index (χ4v) is 0.891. The highest BCUT2D eigenvalue weighted by Crippen LogP contribution is 1.92. The molecule has 1 aromatic heterocycles. The maximum absolute atomic E-state index is 11.4. The maximum atomic E-state index is 11.4. The van der Waals surface area contributed by atoms with Crippen molar-refractivity contribution < 1.29 is 4.79 Å². The Morgan fingerprint density at radius 3 is 3.07 bits per heavy atom. The molecule has 0 radical (unpaired) electrons. The summed E-state index contributed by atoms with van der Waals surface area (Å²) < 4.78 is 0. The van der Waals surface area contributed by atoms with Crippen LogP contribution >= 0.6 is 0 Å². The first-order valence-electron chi connectivity index (χ1n) is 4.29. The molecule has 0 saturated carbocycles. The van der Waals surface area contributed by atoms with Crippen molar-refractivity contribution in [3.63, 3.8) is 0 Å². The molecule has 1 amide bonds. The van der Waals surface area contributed by atoms with Gasteiger partial charge in [0.25, 0.3) is 5.91 Å². The largest absolute Gasteiger partial charge is 0.351 e. The van der Waals surface area contributed by atoms with Gasteiger partial charge in [0.15, 0.2) is 0 Å². The number of aromatic nitrogens is 2. The molecule has 0 unspecified atom stereocenters. The monoisotopic (exact) mass is 189 g/mol. The highest BCUT2D eigenvalue weighted by Gasteiger charge is 2.02. The summed E-state index contributed by atoms with van der Waals surface area (Å²) in [5.41, 5.74) is 0.518. The molecule has 4 nitrogen and oxygen atoms in total. The molecule has 0 atom stereocenters. The Bertz CT molecular complexity index is 351. The summed E-state index contributed by atoms with van der Waals surface area (Å²) in [5.74, 6) is 5.48. The van der Waals surface area contributed by atoms with Crippen molar-refractivity contribution in [3.8, 4) is 11.8 Å². The van der Waals surface area contributed by atoms with Gasteiger partial charge in [0.05, 0.1) is 18.0 Å². The molecule has 1 heterocycles. The van der Waals surface area contributed by atoms with Crippen molar-refractivity contribution in [1.29, 1.82) is 0 Å². The van der Waals surface area contributed by atoms with E-state index < -0.39 is 0 Å². The van der Waals surface area contributed by atoms with Gasteiger partial charge in [0.1, 0.15) is 0 Å². The number of amides is 1. The van der Waals surface area contributed by atoms with Crippen LogP contribution in [-0.2, 0) is 0 Å². The summed E-state index contributed by atoms with van der Waals surface area (Å²) in [5, 5.41) is 9.92. The van der Waals surface area contributed by atoms with E-state index >= 15 is 0 Å². The zero-order valence-corrected chi connectivity index (χ0v) is 7.95. The highest BCUT2D eigenvalue weighted by molar-refractivity contribution is 5.93. The summed E-state index contributed by atoms with van der Waals surface area (Å²) in [6.07, 6.45) is 3.59. The van der Waals surface area contributed by atoms with Crippen molar-refractivity contribution in [2.75, 3.05) is 6.54 Å². The van der Waals surface area contributed by atoms with Crippen LogP contribution in [0.5, 0.6) is 0 Å². The van der Waals surface area contributed by atoms with Crippen molar-refractivity contribution in [1.82, 2.24) is 15.5 Å². The molecular weight excluding hydrogens is 178 g/mol. The molecule has 72 valence electrons. The van der Waals surface area contributed by atoms with E-state index in [-0.39, 0.29) is 5.91 Å². The lowest BCUT2D eigenvalue weighted by atomic mass is 10.3. The van der Waals surface area contributed by atoms with Crippen molar-refractivity contribution in [2.45, 2.75) is 13.3 Å². The Labute approximate surface area is 82.7 Å². The van der Waals surface area contributed by atoms with Crippen molar-refractivity contribution >= 4 is 5.91 Å². The summed E-state index contributed by atoms with van der Waals surface area (Å²) in [4.78, 5) is 11.4. The molecule has 0 bridgehead atoms. The Morgan fingerprint density at radius 1 is 1.57 bits per heavy atom. The Balaban J connectivity index is 2.39. The number of carbonyl (C=O) groups is 1. The van der Waals surface area contributed by atoms with Gasteiger partial charge in [-0.1, -0.05) is 0 Å². The minimum absolute atomic E-state index is 0.141. The molecule has 1 rings (SSSR count). The zero-order valence-electron chi connectivity index (χ0n) is 7.95. The number of carbonyl (C=O) groups excluding carboxylic acids is 1. The van der Waals surface area contributed by atoms with Gasteiger partial charge < -0.3 is 5.32 Å². The Hall–Kier alpha value is -1.89. The third-order valence-electron chi connectivity index (χ3n) is 1.56. The Kier molecular flexibility index (Phi) is 4.15. The standard InChI is InChI=1S/C10H11N3O/c1-2-3-4-6-11-10(14)9-5-7-12-13-8-9/h5,7-8H,4,6H2,1H3,(H,11,14). The third kappa shape index (κ3) is 3.23. The zero-order chi connectivity index (χ0) is 10.2. The quantitative estimate of drug-likeness (QED) is 0.560. The predicted molar refractivity (Wildman–Crippen MR) is 52.4 cm³/mol. The topological polar surface area (TPSA) is 54.9 Å². The lowest BCUT2D eigenvalue weighted by Crippen LogP contribution is -2.24. The van der Waals surface area contributed by atoms with E-state index in [1.807, 2.05) is 0 Å². The van der Waals surface area contributed by atoms with Gasteiger partial charge in [0, 0.05) is 13.0 Å². The van der Waals surface area contributed by atoms with Crippen LogP contribution in [0.2, 0.25) is 0 Å². The summed E-state index contributed by atoms with van der Waals surface area (Å²) >= 11 is 0. The average Bonchev–Trinajstić information content (AvgIpc) is 2.25. The van der Waals surface area contributed by atoms with Gasteiger partial charge >= 0.3 is 0 Å². The fraction of sp³-hybridized carbons (Fsp3) is 0.300. The molecule has 0 aliphatic heterocycles. The first kappa shape index (κ1) is 10.2. The van der Waals surface area contributed by atoms with Crippen molar-refractivity contribution in [3.05, 3.63) is 24.0 Å². The third-order valence-corrected chi connectivity index (χ3v) is 1.56. The molecule has 14 heavy (non-hydrogen) atoms. The van der Waals surface area contributed by atoms with Crippen LogP contribution in [0.25, 0.3) is 0 Å². The van der Waals surface area contributed by atoms with Crippen LogP contribution in [0.3, 0.4) is 0 Å². The van der Waals surface area contributed by atoms with Crippen LogP contribution in [0.1, 0.15) is 23.7 Å². The Morgan fingerprint density at radius 2 is 2.43 bits per heavy atom. The molecule has 0 spiro atoms. The van der Waals surface area contributed by atoms with E-state index in [0.29, 0.717) is 18.5 Å². The summed E-state index contributed by atoms with van der Waals surface area (Å²) in [7, 11) is 0. The minimum Gasteiger partial charge on any atom is -0.351 e. The number of hydrogen-bond acceptors (Lipinski definition) is 3. The second-order valence-electron chi connectivity index (χ2n) is 2.56. The van der Waals surface area contributed by atoms with Crippen LogP contribution in [-0.4, -0.2) is 22.6 Å². The second-order valence-corrected chi connectivity index (χ2v) is 2.56. The molecule has 1 aromatic rings. The number of hydrogen-bond donors (Lipinski definition) is 1. The SMILES string of the molecule is CC#CCCNC(=O)c1ccnnc1. The van der Waals surface area contributed by atoms with Gasteiger partial charge in [-0.15, -0.1) is 11.8 Å². The molecular formula is C10H11N3O. The average molecular weight is 189 g/mol. The van der Waals surface area contributed by atoms with Crippen LogP contribution in [0.15, 0.2) is 18.5 Å². The van der Waals surface area contributed by atoms with Gasteiger partial charge in [-0.2, -0.15) is 10.2 Å². The lowest BCUT2D eigenvalue weighted by molar-refractivity contribution is 0.0954. The van der Waals surface area contributed by atoms with Gasteiger partial charge in [-0.3, -0.25) is 4.79 Å². The molecule has 0 aromatic carbocycles. The van der Waals surface area contributed by atoms with Gasteiger partial charge in [0.2, 0.25) is 0 Å². The molecule has 0 aliphatic carbocycles. The second kappa shape index (κ2) is 5.70. The van der Waals surface area contributed by atoms with E-state index in [2.05, 4.69) is 27.4 Å². The maximum Gasteiger partial charge on any atom is 0.253 e. The van der Waals surface area contributed by atoms with E-state index in [4.69, 9.17) is 0 Å². The van der Waals surface area contributed by atoms with E-state index in [0.717, 1.165) is 0 Å². The first-order chi connectivity index (χ1) is 6.84. The van der Waals surface area contributed by atoms with Gasteiger partial charge in [-0.05, 0) is 13.0 Å². The first-order valence-corrected chi connectivity index (χ1v) is 4.29. The lowest BCUT2D eigenvalue weighted by Gasteiger charge is -2.00. The summed E-state index contributed by atoms with van der Waals surface area (Å²) in [6, 6.07) is 1.62. The smallest absolute Gasteiger partial charge is 0.253 e. The highest BCUT2D eigenvalue weighted by atomic mass is 16.1. The van der Waals surface area contributed by atoms with Crippen LogP contribution in [0, 0.1) is 11.8 Å². The predicted octanol–water partition coefficient (Wildman–Crippen LogP) is 0.620. The molecule has 0 saturated heterocycles. The molecule has 0 fully saturated rings. The minimum atomic E-state index is -0.141. The van der Waals surface area contributed by atoms with E-state index in [1.54, 1.807) is 13.0 Å². The van der Waals surface area contributed by atoms with E-state index in [9.17, 15) is 4.79 Å². The molecule has 0 aliphatic rings. The van der Waals surface area contributed by atoms with Gasteiger partial charge in [-0.25, -0.2) is 0 Å². The van der Waals surface area contributed by atoms with Crippen LogP contribution < -0.4 is 5.32 Å². The summed E-state index contributed by atoms with van der Waals surface area (Å²) in [6.45, 7) is 2.33. The van der Waals surface area contributed by atoms with E-state index in [1.165, 1.54) is 12.4 Å². The fourth-order valence-electron chi connectivity index (χ4n) is 0.891. The number of nitrogens with one attached hydrogen (secondary N) is 1. The van der Waals surface area contributed by atoms with Crippen molar-refractivity contribution in [2.24, 2.45) is 0 Å². The van der Waals surface area contributed by atoms with Crippen LogP contribution in [0.4, 0.5) is 0 Å². The molecule has 4 heteroatoms. The number of rotatable bonds is 3.